The van der Waals surface area contributed by atoms with Crippen molar-refractivity contribution >= 4 is 5.97 Å². The van der Waals surface area contributed by atoms with E-state index >= 15 is 0 Å². The van der Waals surface area contributed by atoms with E-state index in [2.05, 4.69) is 0 Å². The summed E-state index contributed by atoms with van der Waals surface area (Å²) in [6, 6.07) is 0. The predicted molar refractivity (Wildman–Crippen MR) is 170 cm³/mol. The van der Waals surface area contributed by atoms with Crippen molar-refractivity contribution in [3.63, 3.8) is 0 Å². The largest absolute Gasteiger partial charge is 0.490 e. The van der Waals surface area contributed by atoms with Crippen molar-refractivity contribution in [3.05, 3.63) is 47.3 Å². The summed E-state index contributed by atoms with van der Waals surface area (Å²) in [7, 11) is 2.87. The zero-order valence-electron chi connectivity index (χ0n) is 28.6. The molecule has 4 N–H and O–H groups in total. The second-order valence-corrected chi connectivity index (χ2v) is 13.6. The summed E-state index contributed by atoms with van der Waals surface area (Å²) < 4.78 is 23.4. The van der Waals surface area contributed by atoms with Crippen molar-refractivity contribution in [3.8, 4) is 0 Å². The first kappa shape index (κ1) is 38.2. The number of ether oxygens (including phenoxy) is 4. The van der Waals surface area contributed by atoms with Crippen LogP contribution in [0.2, 0.25) is 0 Å². The maximum absolute atomic E-state index is 13.5. The lowest BCUT2D eigenvalue weighted by Gasteiger charge is -2.49. The minimum Gasteiger partial charge on any atom is -0.490 e. The van der Waals surface area contributed by atoms with E-state index in [9.17, 15) is 25.2 Å². The molecule has 0 amide bonds. The molecule has 9 nitrogen and oxygen atoms in total. The van der Waals surface area contributed by atoms with Gasteiger partial charge in [-0.05, 0) is 38.2 Å². The van der Waals surface area contributed by atoms with E-state index in [-0.39, 0.29) is 35.9 Å². The second kappa shape index (κ2) is 16.5. The van der Waals surface area contributed by atoms with Gasteiger partial charge in [0, 0.05) is 37.2 Å². The Bertz CT molecular complexity index is 1060. The van der Waals surface area contributed by atoms with E-state index in [1.807, 2.05) is 66.7 Å². The van der Waals surface area contributed by atoms with Gasteiger partial charge in [0.1, 0.15) is 12.2 Å². The minimum absolute atomic E-state index is 0.00492. The van der Waals surface area contributed by atoms with Crippen LogP contribution in [0.15, 0.2) is 47.3 Å². The Labute approximate surface area is 264 Å². The topological polar surface area (TPSA) is 135 Å². The molecule has 9 heteroatoms. The monoisotopic (exact) mass is 622 g/mol. The molecule has 0 unspecified atom stereocenters. The number of esters is 1. The molecule has 1 fully saturated rings. The Balaban J connectivity index is 2.52. The van der Waals surface area contributed by atoms with Crippen LogP contribution in [0.1, 0.15) is 75.2 Å². The van der Waals surface area contributed by atoms with Crippen LogP contribution in [0.3, 0.4) is 0 Å². The Morgan fingerprint density at radius 1 is 1.05 bits per heavy atom. The molecule has 0 spiro atoms. The van der Waals surface area contributed by atoms with Crippen LogP contribution in [0.25, 0.3) is 0 Å². The van der Waals surface area contributed by atoms with Gasteiger partial charge in [0.2, 0.25) is 5.76 Å². The van der Waals surface area contributed by atoms with Crippen molar-refractivity contribution in [1.29, 1.82) is 0 Å². The Kier molecular flexibility index (Phi) is 14.3. The number of aliphatic hydroxyl groups is 4. The van der Waals surface area contributed by atoms with Gasteiger partial charge in [-0.2, -0.15) is 0 Å². The van der Waals surface area contributed by atoms with Gasteiger partial charge in [-0.15, -0.1) is 0 Å². The van der Waals surface area contributed by atoms with Gasteiger partial charge in [0.05, 0.1) is 31.5 Å². The number of rotatable bonds is 7. The van der Waals surface area contributed by atoms with Gasteiger partial charge < -0.3 is 39.4 Å². The number of hydrogen-bond acceptors (Lipinski definition) is 9. The first-order valence-corrected chi connectivity index (χ1v) is 15.9. The van der Waals surface area contributed by atoms with E-state index in [0.717, 1.165) is 11.1 Å². The van der Waals surface area contributed by atoms with E-state index in [1.165, 1.54) is 14.2 Å². The van der Waals surface area contributed by atoms with Crippen molar-refractivity contribution in [2.75, 3.05) is 14.2 Å². The molecule has 12 atom stereocenters. The van der Waals surface area contributed by atoms with Crippen LogP contribution in [-0.2, 0) is 23.7 Å². The third-order valence-corrected chi connectivity index (χ3v) is 9.50. The molecule has 44 heavy (non-hydrogen) atoms. The molecule has 0 aromatic carbocycles. The number of carbonyl (C=O) groups excluding carboxylic acids is 1. The predicted octanol–water partition coefficient (Wildman–Crippen LogP) is 4.69. The number of cyclic esters (lactones) is 1. The first-order chi connectivity index (χ1) is 20.5. The Morgan fingerprint density at radius 3 is 2.25 bits per heavy atom. The molecule has 0 saturated carbocycles. The van der Waals surface area contributed by atoms with E-state index in [1.54, 1.807) is 26.0 Å². The standard InChI is InChI=1S/C35H58O9/c1-19(2)32-24(7)27(36)18-35(40,44-32)26(9)31(38)25(8)33-28(41-10)14-12-13-20(3)15-22(5)30(37)23(6)16-21(4)17-29(42-11)34(39)43-33/h12-14,16-17,19,22-28,30-33,36-38,40H,15,18H2,1-11H3/b14-12+,20-13+,21-16+,29-17-/t22-,23+,24-,25-,26-,27+,28-,30-,31+,32+,33+,35-/m0/s1. The lowest BCUT2D eigenvalue weighted by molar-refractivity contribution is -0.328. The quantitative estimate of drug-likeness (QED) is 0.298. The van der Waals surface area contributed by atoms with Crippen LogP contribution in [-0.4, -0.2) is 83.0 Å². The summed E-state index contributed by atoms with van der Waals surface area (Å²) >= 11 is 0. The SMILES string of the molecule is CO/C1=C\C(C)=C\[C@@H](C)[C@@H](O)[C@@H](C)C/C(C)=C/C=C/[C@H](OC)[C@@H]([C@@H](C)[C@@H](O)[C@H](C)[C@]2(O)C[C@@H](O)[C@H](C)[C@@H](C(C)C)O2)OC1=O. The highest BCUT2D eigenvalue weighted by Gasteiger charge is 2.51. The van der Waals surface area contributed by atoms with E-state index < -0.39 is 60.2 Å². The smallest absolute Gasteiger partial charge is 0.373 e. The number of hydrogen-bond donors (Lipinski definition) is 4. The zero-order valence-corrected chi connectivity index (χ0v) is 28.6. The summed E-state index contributed by atoms with van der Waals surface area (Å²) in [5.74, 6) is -4.49. The molecule has 1 saturated heterocycles. The lowest BCUT2D eigenvalue weighted by Crippen LogP contribution is -2.59. The molecule has 2 aliphatic heterocycles. The maximum atomic E-state index is 13.5. The molecule has 2 heterocycles. The molecular formula is C35H58O9. The highest BCUT2D eigenvalue weighted by atomic mass is 16.6. The minimum atomic E-state index is -1.80. The van der Waals surface area contributed by atoms with Crippen LogP contribution in [0.4, 0.5) is 0 Å². The number of methoxy groups -OCH3 is 2. The van der Waals surface area contributed by atoms with Crippen molar-refractivity contribution < 1.29 is 44.2 Å². The molecule has 0 radical (unpaired) electrons. The van der Waals surface area contributed by atoms with E-state index in [0.29, 0.717) is 6.42 Å². The molecule has 0 aromatic rings. The molecule has 2 rings (SSSR count). The maximum Gasteiger partial charge on any atom is 0.373 e. The zero-order chi connectivity index (χ0) is 33.5. The molecule has 2 aliphatic rings. The van der Waals surface area contributed by atoms with Gasteiger partial charge in [-0.1, -0.05) is 83.9 Å². The van der Waals surface area contributed by atoms with Crippen LogP contribution < -0.4 is 0 Å². The Hall–Kier alpha value is -2.01. The lowest BCUT2D eigenvalue weighted by atomic mass is 9.76. The fourth-order valence-electron chi connectivity index (χ4n) is 6.54. The van der Waals surface area contributed by atoms with Crippen LogP contribution >= 0.6 is 0 Å². The van der Waals surface area contributed by atoms with Crippen molar-refractivity contribution in [1.82, 2.24) is 0 Å². The number of carbonyl (C=O) groups is 1. The fraction of sp³-hybridized carbons (Fsp3) is 0.743. The van der Waals surface area contributed by atoms with Gasteiger partial charge in [0.25, 0.3) is 0 Å². The average Bonchev–Trinajstić information content (AvgIpc) is 2.96. The van der Waals surface area contributed by atoms with Crippen LogP contribution in [0.5, 0.6) is 0 Å². The highest BCUT2D eigenvalue weighted by molar-refractivity contribution is 5.87. The third kappa shape index (κ3) is 9.50. The molecule has 0 bridgehead atoms. The molecule has 0 aliphatic carbocycles. The van der Waals surface area contributed by atoms with E-state index in [4.69, 9.17) is 18.9 Å². The van der Waals surface area contributed by atoms with Crippen LogP contribution in [0, 0.1) is 35.5 Å². The Morgan fingerprint density at radius 2 is 1.68 bits per heavy atom. The summed E-state index contributed by atoms with van der Waals surface area (Å²) in [4.78, 5) is 13.5. The van der Waals surface area contributed by atoms with Crippen molar-refractivity contribution in [2.24, 2.45) is 35.5 Å². The first-order valence-electron chi connectivity index (χ1n) is 15.9. The molecule has 252 valence electrons. The third-order valence-electron chi connectivity index (χ3n) is 9.50. The molecule has 0 aromatic heterocycles. The van der Waals surface area contributed by atoms with Crippen molar-refractivity contribution in [2.45, 2.75) is 118 Å². The number of aliphatic hydroxyl groups excluding tert-OH is 3. The summed E-state index contributed by atoms with van der Waals surface area (Å²) in [6.45, 7) is 17.0. The normalized spacial score (nSPS) is 41.2. The summed E-state index contributed by atoms with van der Waals surface area (Å²) in [5, 5.41) is 45.0. The second-order valence-electron chi connectivity index (χ2n) is 13.6. The van der Waals surface area contributed by atoms with Gasteiger partial charge in [0.15, 0.2) is 5.79 Å². The summed E-state index contributed by atoms with van der Waals surface area (Å²) in [6.07, 6.45) is 4.85. The van der Waals surface area contributed by atoms with Gasteiger partial charge in [-0.3, -0.25) is 0 Å². The van der Waals surface area contributed by atoms with Gasteiger partial charge >= 0.3 is 5.97 Å². The fourth-order valence-corrected chi connectivity index (χ4v) is 6.54. The van der Waals surface area contributed by atoms with Gasteiger partial charge in [-0.25, -0.2) is 4.79 Å². The summed E-state index contributed by atoms with van der Waals surface area (Å²) in [5.41, 5.74) is 1.78. The highest BCUT2D eigenvalue weighted by Crippen LogP contribution is 2.41. The average molecular weight is 623 g/mol. The molecular weight excluding hydrogens is 564 g/mol. The number of allylic oxidation sites excluding steroid dienone is 5.